The van der Waals surface area contributed by atoms with Crippen molar-refractivity contribution in [2.75, 3.05) is 12.5 Å². The third-order valence-electron chi connectivity index (χ3n) is 3.93. The Bertz CT molecular complexity index is 1200. The molecule has 0 radical (unpaired) electrons. The number of rotatable bonds is 5. The van der Waals surface area contributed by atoms with Gasteiger partial charge in [-0.2, -0.15) is 4.99 Å². The lowest BCUT2D eigenvalue weighted by Crippen LogP contribution is -2.16. The fourth-order valence-electron chi connectivity index (χ4n) is 2.64. The van der Waals surface area contributed by atoms with E-state index < -0.39 is 9.84 Å². The molecule has 0 aliphatic carbocycles. The van der Waals surface area contributed by atoms with Gasteiger partial charge >= 0.3 is 0 Å². The van der Waals surface area contributed by atoms with E-state index in [2.05, 4.69) is 11.6 Å². The average molecular weight is 419 g/mol. The van der Waals surface area contributed by atoms with Crippen LogP contribution in [0.3, 0.4) is 0 Å². The van der Waals surface area contributed by atoms with Gasteiger partial charge in [-0.3, -0.25) is 4.79 Å². The Morgan fingerprint density at radius 1 is 1.30 bits per heavy atom. The van der Waals surface area contributed by atoms with Crippen molar-refractivity contribution in [2.45, 2.75) is 16.3 Å². The van der Waals surface area contributed by atoms with Gasteiger partial charge in [-0.1, -0.05) is 29.5 Å². The van der Waals surface area contributed by atoms with E-state index in [0.717, 1.165) is 15.1 Å². The summed E-state index contributed by atoms with van der Waals surface area (Å²) in [5.74, 6) is -0.326. The van der Waals surface area contributed by atoms with Gasteiger partial charge in [-0.05, 0) is 36.6 Å². The number of amides is 1. The molecule has 140 valence electrons. The first-order chi connectivity index (χ1) is 12.8. The molecule has 0 saturated heterocycles. The summed E-state index contributed by atoms with van der Waals surface area (Å²) in [6, 6.07) is 12.3. The molecule has 0 fully saturated rings. The molecule has 0 aliphatic rings. The molecule has 8 heteroatoms. The Hall–Kier alpha value is -2.16. The van der Waals surface area contributed by atoms with E-state index >= 15 is 0 Å². The molecular formula is C19H18N2O3S3. The first kappa shape index (κ1) is 19.6. The summed E-state index contributed by atoms with van der Waals surface area (Å²) in [5, 5.41) is 0. The van der Waals surface area contributed by atoms with Crippen LogP contribution in [0.1, 0.15) is 10.4 Å². The van der Waals surface area contributed by atoms with Crippen LogP contribution >= 0.6 is 23.1 Å². The number of fused-ring (bicyclic) bond motifs is 1. The maximum atomic E-state index is 12.7. The molecule has 3 rings (SSSR count). The van der Waals surface area contributed by atoms with Crippen molar-refractivity contribution in [3.05, 3.63) is 65.5 Å². The van der Waals surface area contributed by atoms with E-state index in [4.69, 9.17) is 0 Å². The SMILES string of the molecule is C=CCn1c(=NC(=O)c2ccccc2SC)sc2cc(S(C)(=O)=O)ccc21. The number of allylic oxidation sites excluding steroid dienone is 1. The third kappa shape index (κ3) is 4.07. The van der Waals surface area contributed by atoms with Crippen LogP contribution in [0.25, 0.3) is 10.2 Å². The van der Waals surface area contributed by atoms with E-state index in [1.807, 2.05) is 29.0 Å². The van der Waals surface area contributed by atoms with E-state index in [1.54, 1.807) is 30.3 Å². The van der Waals surface area contributed by atoms with Crippen LogP contribution in [0, 0.1) is 0 Å². The van der Waals surface area contributed by atoms with Gasteiger partial charge in [0.1, 0.15) is 0 Å². The molecule has 27 heavy (non-hydrogen) atoms. The molecule has 3 aromatic rings. The van der Waals surface area contributed by atoms with Crippen LogP contribution in [-0.2, 0) is 16.4 Å². The molecule has 0 atom stereocenters. The summed E-state index contributed by atoms with van der Waals surface area (Å²) in [6.45, 7) is 4.23. The highest BCUT2D eigenvalue weighted by Crippen LogP contribution is 2.23. The normalized spacial score (nSPS) is 12.4. The van der Waals surface area contributed by atoms with Gasteiger partial charge in [0.05, 0.1) is 20.7 Å². The minimum absolute atomic E-state index is 0.243. The Balaban J connectivity index is 2.20. The first-order valence-corrected chi connectivity index (χ1v) is 11.9. The van der Waals surface area contributed by atoms with Gasteiger partial charge < -0.3 is 4.57 Å². The lowest BCUT2D eigenvalue weighted by atomic mass is 10.2. The number of sulfone groups is 1. The monoisotopic (exact) mass is 418 g/mol. The Morgan fingerprint density at radius 2 is 2.04 bits per heavy atom. The molecule has 0 aliphatic heterocycles. The largest absolute Gasteiger partial charge is 0.312 e. The highest BCUT2D eigenvalue weighted by Gasteiger charge is 2.14. The summed E-state index contributed by atoms with van der Waals surface area (Å²) in [5.41, 5.74) is 1.36. The van der Waals surface area contributed by atoms with E-state index in [-0.39, 0.29) is 10.8 Å². The molecule has 2 aromatic carbocycles. The maximum absolute atomic E-state index is 12.7. The molecule has 0 unspecified atom stereocenters. The number of hydrogen-bond acceptors (Lipinski definition) is 5. The number of thioether (sulfide) groups is 1. The molecule has 5 nitrogen and oxygen atoms in total. The molecule has 0 N–H and O–H groups in total. The molecular weight excluding hydrogens is 400 g/mol. The topological polar surface area (TPSA) is 68.5 Å². The van der Waals surface area contributed by atoms with E-state index in [1.165, 1.54) is 29.4 Å². The second kappa shape index (κ2) is 7.84. The number of nitrogens with zero attached hydrogens (tertiary/aromatic N) is 2. The van der Waals surface area contributed by atoms with Gasteiger partial charge in [-0.15, -0.1) is 18.3 Å². The molecule has 1 heterocycles. The van der Waals surface area contributed by atoms with Crippen LogP contribution in [-0.4, -0.2) is 31.4 Å². The van der Waals surface area contributed by atoms with Crippen LogP contribution in [0.15, 0.2) is 69.9 Å². The van der Waals surface area contributed by atoms with E-state index in [9.17, 15) is 13.2 Å². The zero-order chi connectivity index (χ0) is 19.6. The van der Waals surface area contributed by atoms with Gasteiger partial charge in [0.15, 0.2) is 14.6 Å². The fourth-order valence-corrected chi connectivity index (χ4v) is 5.03. The third-order valence-corrected chi connectivity index (χ3v) is 6.88. The van der Waals surface area contributed by atoms with Crippen LogP contribution in [0.4, 0.5) is 0 Å². The summed E-state index contributed by atoms with van der Waals surface area (Å²) < 4.78 is 26.3. The molecule has 0 bridgehead atoms. The van der Waals surface area contributed by atoms with Gasteiger partial charge in [0, 0.05) is 17.7 Å². The maximum Gasteiger partial charge on any atom is 0.280 e. The lowest BCUT2D eigenvalue weighted by molar-refractivity contribution is 0.0995. The van der Waals surface area contributed by atoms with Crippen molar-refractivity contribution in [3.8, 4) is 0 Å². The predicted molar refractivity (Wildman–Crippen MR) is 111 cm³/mol. The second-order valence-electron chi connectivity index (χ2n) is 5.80. The summed E-state index contributed by atoms with van der Waals surface area (Å²) >= 11 is 2.78. The zero-order valence-corrected chi connectivity index (χ0v) is 17.3. The number of benzene rings is 2. The fraction of sp³-hybridized carbons (Fsp3) is 0.158. The number of aromatic nitrogens is 1. The predicted octanol–water partition coefficient (Wildman–Crippen LogP) is 3.76. The number of thiazole rings is 1. The minimum atomic E-state index is -3.31. The standard InChI is InChI=1S/C19H18N2O3S3/c1-4-11-21-15-10-9-13(27(3,23)24)12-17(15)26-19(21)20-18(22)14-7-5-6-8-16(14)25-2/h4-10,12H,1,11H2,2-3H3. The van der Waals surface area contributed by atoms with Crippen molar-refractivity contribution < 1.29 is 13.2 Å². The van der Waals surface area contributed by atoms with Crippen molar-refractivity contribution in [2.24, 2.45) is 4.99 Å². The Kier molecular flexibility index (Phi) is 5.69. The van der Waals surface area contributed by atoms with Gasteiger partial charge in [0.2, 0.25) is 0 Å². The zero-order valence-electron chi connectivity index (χ0n) is 14.9. The highest BCUT2D eigenvalue weighted by molar-refractivity contribution is 7.98. The van der Waals surface area contributed by atoms with Crippen LogP contribution < -0.4 is 4.80 Å². The molecule has 0 saturated carbocycles. The number of carbonyl (C=O) groups is 1. The number of hydrogen-bond donors (Lipinski definition) is 0. The van der Waals surface area contributed by atoms with Crippen molar-refractivity contribution in [3.63, 3.8) is 0 Å². The smallest absolute Gasteiger partial charge is 0.280 e. The second-order valence-corrected chi connectivity index (χ2v) is 9.68. The first-order valence-electron chi connectivity index (χ1n) is 8.01. The van der Waals surface area contributed by atoms with Crippen LogP contribution in [0.5, 0.6) is 0 Å². The van der Waals surface area contributed by atoms with Gasteiger partial charge in [0.25, 0.3) is 5.91 Å². The highest BCUT2D eigenvalue weighted by atomic mass is 32.2. The molecule has 1 aromatic heterocycles. The summed E-state index contributed by atoms with van der Waals surface area (Å²) in [4.78, 5) is 18.7. The number of carbonyl (C=O) groups excluding carboxylic acids is 1. The van der Waals surface area contributed by atoms with Crippen LogP contribution in [0.2, 0.25) is 0 Å². The van der Waals surface area contributed by atoms with E-state index in [0.29, 0.717) is 16.9 Å². The van der Waals surface area contributed by atoms with Crippen molar-refractivity contribution >= 4 is 49.1 Å². The van der Waals surface area contributed by atoms with Gasteiger partial charge in [-0.25, -0.2) is 8.42 Å². The summed E-state index contributed by atoms with van der Waals surface area (Å²) in [6.07, 6.45) is 4.81. The van der Waals surface area contributed by atoms with Crippen molar-refractivity contribution in [1.29, 1.82) is 0 Å². The Labute approximate surface area is 166 Å². The Morgan fingerprint density at radius 3 is 2.70 bits per heavy atom. The minimum Gasteiger partial charge on any atom is -0.312 e. The molecule has 1 amide bonds. The molecule has 0 spiro atoms. The summed E-state index contributed by atoms with van der Waals surface area (Å²) in [7, 11) is -3.31. The quantitative estimate of drug-likeness (QED) is 0.467. The average Bonchev–Trinajstić information content (AvgIpc) is 2.97. The van der Waals surface area contributed by atoms with Crippen molar-refractivity contribution in [1.82, 2.24) is 4.57 Å². The lowest BCUT2D eigenvalue weighted by Gasteiger charge is -2.03.